The number of nitrogens with one attached hydrogen (secondary N) is 1. The lowest BCUT2D eigenvalue weighted by Gasteiger charge is -2.14. The third-order valence-corrected chi connectivity index (χ3v) is 3.16. The normalized spacial score (nSPS) is 16.0. The molecule has 1 amide bonds. The Morgan fingerprint density at radius 3 is 2.50 bits per heavy atom. The number of carbonyl (C=O) groups is 2. The van der Waals surface area contributed by atoms with Crippen LogP contribution < -0.4 is 5.32 Å². The number of carboxylic acid groups (broad SMARTS) is 1. The minimum atomic E-state index is -1.03. The van der Waals surface area contributed by atoms with Crippen molar-refractivity contribution >= 4 is 11.9 Å². The van der Waals surface area contributed by atoms with Crippen LogP contribution in [-0.4, -0.2) is 17.0 Å². The van der Waals surface area contributed by atoms with Gasteiger partial charge < -0.3 is 10.4 Å². The van der Waals surface area contributed by atoms with Crippen molar-refractivity contribution in [2.24, 2.45) is 5.92 Å². The highest BCUT2D eigenvalue weighted by molar-refractivity contribution is 5.84. The van der Waals surface area contributed by atoms with Gasteiger partial charge in [-0.25, -0.2) is 4.79 Å². The molecular weight excluding hydrogens is 230 g/mol. The van der Waals surface area contributed by atoms with E-state index in [-0.39, 0.29) is 5.91 Å². The maximum Gasteiger partial charge on any atom is 0.330 e. The van der Waals surface area contributed by atoms with Gasteiger partial charge in [0.2, 0.25) is 5.91 Å². The summed E-state index contributed by atoms with van der Waals surface area (Å²) in [6.45, 7) is 0. The molecule has 1 aromatic rings. The summed E-state index contributed by atoms with van der Waals surface area (Å²) in [5.74, 6) is -0.533. The molecule has 1 fully saturated rings. The molecule has 0 bridgehead atoms. The fraction of sp³-hybridized carbons (Fsp3) is 0.429. The highest BCUT2D eigenvalue weighted by Gasteiger charge is 2.25. The van der Waals surface area contributed by atoms with Gasteiger partial charge in [-0.1, -0.05) is 43.2 Å². The molecule has 2 N–H and O–H groups in total. The number of rotatable bonds is 6. The Labute approximate surface area is 106 Å². The minimum absolute atomic E-state index is 0.182. The van der Waals surface area contributed by atoms with Crippen LogP contribution in [0.2, 0.25) is 0 Å². The van der Waals surface area contributed by atoms with E-state index in [0.717, 1.165) is 6.42 Å². The van der Waals surface area contributed by atoms with Gasteiger partial charge in [-0.2, -0.15) is 0 Å². The van der Waals surface area contributed by atoms with Gasteiger partial charge in [-0.3, -0.25) is 4.79 Å². The molecule has 4 nitrogen and oxygen atoms in total. The topological polar surface area (TPSA) is 66.4 Å². The smallest absolute Gasteiger partial charge is 0.330 e. The zero-order valence-corrected chi connectivity index (χ0v) is 10.1. The summed E-state index contributed by atoms with van der Waals surface area (Å²) < 4.78 is 0. The van der Waals surface area contributed by atoms with Crippen LogP contribution in [0.5, 0.6) is 0 Å². The van der Waals surface area contributed by atoms with Gasteiger partial charge in [0.25, 0.3) is 0 Å². The van der Waals surface area contributed by atoms with Crippen LogP contribution in [0.25, 0.3) is 0 Å². The highest BCUT2D eigenvalue weighted by Crippen LogP contribution is 2.33. The Kier molecular flexibility index (Phi) is 3.97. The number of hydrogen-bond acceptors (Lipinski definition) is 2. The molecule has 1 atom stereocenters. The van der Waals surface area contributed by atoms with Gasteiger partial charge in [0.05, 0.1) is 0 Å². The molecule has 96 valence electrons. The monoisotopic (exact) mass is 247 g/mol. The lowest BCUT2D eigenvalue weighted by atomic mass is 10.1. The van der Waals surface area contributed by atoms with Gasteiger partial charge in [0, 0.05) is 6.42 Å². The summed E-state index contributed by atoms with van der Waals surface area (Å²) in [6, 6.07) is 7.82. The highest BCUT2D eigenvalue weighted by atomic mass is 16.4. The van der Waals surface area contributed by atoms with E-state index < -0.39 is 12.0 Å². The average Bonchev–Trinajstić information content (AvgIpc) is 3.18. The minimum Gasteiger partial charge on any atom is -0.479 e. The van der Waals surface area contributed by atoms with E-state index in [0.29, 0.717) is 17.9 Å². The molecule has 0 spiro atoms. The molecule has 0 unspecified atom stereocenters. The van der Waals surface area contributed by atoms with Crippen LogP contribution in [0.15, 0.2) is 30.3 Å². The van der Waals surface area contributed by atoms with Gasteiger partial charge >= 0.3 is 5.97 Å². The second-order valence-corrected chi connectivity index (χ2v) is 4.73. The van der Waals surface area contributed by atoms with Crippen LogP contribution >= 0.6 is 0 Å². The van der Waals surface area contributed by atoms with Gasteiger partial charge in [-0.05, 0) is 17.9 Å². The molecule has 0 heterocycles. The summed E-state index contributed by atoms with van der Waals surface area (Å²) in [5.41, 5.74) is 0.602. The first-order valence-electron chi connectivity index (χ1n) is 6.24. The molecule has 0 aromatic heterocycles. The molecule has 1 aromatic carbocycles. The standard InChI is InChI=1S/C14H17NO3/c16-12(9-8-10-6-7-10)15-13(14(17)18)11-4-2-1-3-5-11/h1-5,10,13H,6-9H2,(H,15,16)(H,17,18)/t13-/m0/s1. The predicted molar refractivity (Wildman–Crippen MR) is 66.9 cm³/mol. The molecule has 18 heavy (non-hydrogen) atoms. The van der Waals surface area contributed by atoms with E-state index in [1.54, 1.807) is 24.3 Å². The Hall–Kier alpha value is -1.84. The summed E-state index contributed by atoms with van der Waals surface area (Å²) in [6.07, 6.45) is 3.69. The molecule has 0 aliphatic heterocycles. The number of aliphatic carboxylic acids is 1. The molecule has 4 heteroatoms. The Balaban J connectivity index is 1.93. The molecule has 0 radical (unpaired) electrons. The van der Waals surface area contributed by atoms with E-state index in [9.17, 15) is 9.59 Å². The predicted octanol–water partition coefficient (Wildman–Crippen LogP) is 2.12. The first-order valence-corrected chi connectivity index (χ1v) is 6.24. The maximum atomic E-state index is 11.7. The number of amides is 1. The molecule has 1 aliphatic carbocycles. The number of benzene rings is 1. The van der Waals surface area contributed by atoms with Crippen molar-refractivity contribution in [3.63, 3.8) is 0 Å². The van der Waals surface area contributed by atoms with Crippen molar-refractivity contribution in [2.75, 3.05) is 0 Å². The van der Waals surface area contributed by atoms with Crippen molar-refractivity contribution in [3.8, 4) is 0 Å². The Morgan fingerprint density at radius 2 is 1.94 bits per heavy atom. The molecule has 1 aliphatic rings. The molecule has 2 rings (SSSR count). The number of carbonyl (C=O) groups excluding carboxylic acids is 1. The van der Waals surface area contributed by atoms with Gasteiger partial charge in [0.1, 0.15) is 0 Å². The van der Waals surface area contributed by atoms with Crippen LogP contribution in [-0.2, 0) is 9.59 Å². The first-order chi connectivity index (χ1) is 8.66. The lowest BCUT2D eigenvalue weighted by molar-refractivity contribution is -0.142. The summed E-state index contributed by atoms with van der Waals surface area (Å²) in [4.78, 5) is 22.9. The zero-order chi connectivity index (χ0) is 13.0. The third-order valence-electron chi connectivity index (χ3n) is 3.16. The fourth-order valence-electron chi connectivity index (χ4n) is 1.91. The van der Waals surface area contributed by atoms with Crippen LogP contribution in [0.1, 0.15) is 37.3 Å². The van der Waals surface area contributed by atoms with E-state index in [4.69, 9.17) is 5.11 Å². The van der Waals surface area contributed by atoms with Crippen molar-refractivity contribution < 1.29 is 14.7 Å². The second-order valence-electron chi connectivity index (χ2n) is 4.73. The van der Waals surface area contributed by atoms with Crippen LogP contribution in [0.4, 0.5) is 0 Å². The Bertz CT molecular complexity index is 426. The molecule has 0 saturated heterocycles. The van der Waals surface area contributed by atoms with E-state index in [2.05, 4.69) is 5.32 Å². The molecule has 1 saturated carbocycles. The molecular formula is C14H17NO3. The summed E-state index contributed by atoms with van der Waals surface area (Å²) in [7, 11) is 0. The van der Waals surface area contributed by atoms with Gasteiger partial charge in [-0.15, -0.1) is 0 Å². The summed E-state index contributed by atoms with van der Waals surface area (Å²) in [5, 5.41) is 11.7. The maximum absolute atomic E-state index is 11.7. The van der Waals surface area contributed by atoms with Gasteiger partial charge in [0.15, 0.2) is 6.04 Å². The van der Waals surface area contributed by atoms with E-state index in [1.807, 2.05) is 6.07 Å². The largest absolute Gasteiger partial charge is 0.479 e. The van der Waals surface area contributed by atoms with Crippen molar-refractivity contribution in [3.05, 3.63) is 35.9 Å². The SMILES string of the molecule is O=C(CCC1CC1)N[C@H](C(=O)O)c1ccccc1. The van der Waals surface area contributed by atoms with Crippen molar-refractivity contribution in [2.45, 2.75) is 31.7 Å². The van der Waals surface area contributed by atoms with Crippen molar-refractivity contribution in [1.82, 2.24) is 5.32 Å². The Morgan fingerprint density at radius 1 is 1.28 bits per heavy atom. The second kappa shape index (κ2) is 5.67. The zero-order valence-electron chi connectivity index (χ0n) is 10.1. The van der Waals surface area contributed by atoms with E-state index in [1.165, 1.54) is 12.8 Å². The third kappa shape index (κ3) is 3.58. The van der Waals surface area contributed by atoms with Crippen molar-refractivity contribution in [1.29, 1.82) is 0 Å². The van der Waals surface area contributed by atoms with Crippen LogP contribution in [0.3, 0.4) is 0 Å². The fourth-order valence-corrected chi connectivity index (χ4v) is 1.91. The van der Waals surface area contributed by atoms with E-state index >= 15 is 0 Å². The quantitative estimate of drug-likeness (QED) is 0.809. The number of hydrogen-bond donors (Lipinski definition) is 2. The first kappa shape index (κ1) is 12.6. The van der Waals surface area contributed by atoms with Crippen LogP contribution in [0, 0.1) is 5.92 Å². The average molecular weight is 247 g/mol. The summed E-state index contributed by atoms with van der Waals surface area (Å²) >= 11 is 0. The number of carboxylic acids is 1. The lowest BCUT2D eigenvalue weighted by Crippen LogP contribution is -2.33.